The lowest BCUT2D eigenvalue weighted by molar-refractivity contribution is -0.386. The molecule has 20 heavy (non-hydrogen) atoms. The summed E-state index contributed by atoms with van der Waals surface area (Å²) in [6.45, 7) is 3.69. The highest BCUT2D eigenvalue weighted by Crippen LogP contribution is 2.36. The van der Waals surface area contributed by atoms with Gasteiger partial charge in [0.15, 0.2) is 0 Å². The predicted molar refractivity (Wildman–Crippen MR) is 72.3 cm³/mol. The minimum atomic E-state index is -0.503. The summed E-state index contributed by atoms with van der Waals surface area (Å²) < 4.78 is 16.2. The van der Waals surface area contributed by atoms with Crippen molar-refractivity contribution in [2.75, 3.05) is 26.8 Å². The lowest BCUT2D eigenvalue weighted by Gasteiger charge is -2.28. The third kappa shape index (κ3) is 3.37. The maximum atomic E-state index is 11.1. The average Bonchev–Trinajstić information content (AvgIpc) is 2.44. The molecule has 2 unspecified atom stereocenters. The van der Waals surface area contributed by atoms with Gasteiger partial charge in [-0.05, 0) is 19.1 Å². The fraction of sp³-hybridized carbons (Fsp3) is 0.538. The van der Waals surface area contributed by atoms with Gasteiger partial charge in [0, 0.05) is 13.1 Å². The maximum absolute atomic E-state index is 11.1. The zero-order valence-corrected chi connectivity index (χ0v) is 11.5. The Balaban J connectivity index is 2.07. The van der Waals surface area contributed by atoms with Crippen molar-refractivity contribution >= 4 is 5.69 Å². The van der Waals surface area contributed by atoms with Crippen LogP contribution in [0.3, 0.4) is 0 Å². The molecule has 0 aromatic heterocycles. The van der Waals surface area contributed by atoms with Crippen LogP contribution in [-0.4, -0.2) is 43.9 Å². The summed E-state index contributed by atoms with van der Waals surface area (Å²) in [5.74, 6) is 0.375. The number of rotatable bonds is 5. The van der Waals surface area contributed by atoms with Crippen LogP contribution >= 0.6 is 0 Å². The fourth-order valence-corrected chi connectivity index (χ4v) is 2.12. The number of benzene rings is 1. The van der Waals surface area contributed by atoms with Gasteiger partial charge in [0.25, 0.3) is 0 Å². The lowest BCUT2D eigenvalue weighted by atomic mass is 10.2. The summed E-state index contributed by atoms with van der Waals surface area (Å²) in [4.78, 5) is 10.6. The summed E-state index contributed by atoms with van der Waals surface area (Å²) in [6, 6.07) is 4.75. The van der Waals surface area contributed by atoms with Gasteiger partial charge in [0.2, 0.25) is 11.5 Å². The van der Waals surface area contributed by atoms with Crippen LogP contribution in [-0.2, 0) is 4.74 Å². The fourth-order valence-electron chi connectivity index (χ4n) is 2.12. The molecule has 2 rings (SSSR count). The Morgan fingerprint density at radius 1 is 1.45 bits per heavy atom. The number of nitrogens with zero attached hydrogens (tertiary/aromatic N) is 1. The molecule has 0 spiro atoms. The first kappa shape index (κ1) is 14.5. The summed E-state index contributed by atoms with van der Waals surface area (Å²) in [7, 11) is 1.39. The van der Waals surface area contributed by atoms with E-state index in [1.807, 2.05) is 6.92 Å². The van der Waals surface area contributed by atoms with Gasteiger partial charge in [0.1, 0.15) is 12.7 Å². The van der Waals surface area contributed by atoms with Crippen LogP contribution in [0.1, 0.15) is 6.92 Å². The summed E-state index contributed by atoms with van der Waals surface area (Å²) in [5.41, 5.74) is -0.160. The molecule has 1 fully saturated rings. The van der Waals surface area contributed by atoms with Crippen LogP contribution in [0.4, 0.5) is 5.69 Å². The van der Waals surface area contributed by atoms with Crippen molar-refractivity contribution in [3.8, 4) is 11.5 Å². The van der Waals surface area contributed by atoms with E-state index in [1.165, 1.54) is 13.2 Å². The molecule has 0 saturated carbocycles. The molecule has 0 amide bonds. The number of hydrogen-bond donors (Lipinski definition) is 1. The maximum Gasteiger partial charge on any atom is 0.352 e. The number of para-hydroxylation sites is 1. The highest BCUT2D eigenvalue weighted by Gasteiger charge is 2.24. The molecule has 7 heteroatoms. The minimum Gasteiger partial charge on any atom is -0.490 e. The van der Waals surface area contributed by atoms with Crippen molar-refractivity contribution in [1.82, 2.24) is 5.32 Å². The Morgan fingerprint density at radius 3 is 2.85 bits per heavy atom. The third-order valence-electron chi connectivity index (χ3n) is 3.02. The zero-order chi connectivity index (χ0) is 14.5. The van der Waals surface area contributed by atoms with E-state index >= 15 is 0 Å². The smallest absolute Gasteiger partial charge is 0.352 e. The van der Waals surface area contributed by atoms with Crippen LogP contribution in [0.25, 0.3) is 0 Å². The molecule has 1 heterocycles. The molecular weight excluding hydrogens is 264 g/mol. The Morgan fingerprint density at radius 2 is 2.20 bits per heavy atom. The molecule has 110 valence electrons. The third-order valence-corrected chi connectivity index (χ3v) is 3.02. The number of nitro groups is 1. The normalized spacial score (nSPS) is 22.3. The van der Waals surface area contributed by atoms with E-state index in [1.54, 1.807) is 12.1 Å². The molecule has 1 saturated heterocycles. The summed E-state index contributed by atoms with van der Waals surface area (Å²) in [5, 5.41) is 14.3. The van der Waals surface area contributed by atoms with E-state index in [0.29, 0.717) is 6.54 Å². The van der Waals surface area contributed by atoms with Gasteiger partial charge >= 0.3 is 5.69 Å². The summed E-state index contributed by atoms with van der Waals surface area (Å²) >= 11 is 0. The number of hydrogen-bond acceptors (Lipinski definition) is 6. The van der Waals surface area contributed by atoms with E-state index in [0.717, 1.165) is 6.54 Å². The Hall–Kier alpha value is -1.86. The van der Waals surface area contributed by atoms with Gasteiger partial charge in [-0.25, -0.2) is 0 Å². The number of ether oxygens (including phenoxy) is 3. The van der Waals surface area contributed by atoms with E-state index in [-0.39, 0.29) is 36.0 Å². The van der Waals surface area contributed by atoms with Crippen molar-refractivity contribution in [2.45, 2.75) is 19.1 Å². The average molecular weight is 282 g/mol. The highest BCUT2D eigenvalue weighted by molar-refractivity contribution is 5.57. The zero-order valence-electron chi connectivity index (χ0n) is 11.5. The molecule has 1 aromatic rings. The molecule has 1 aliphatic heterocycles. The molecule has 2 atom stereocenters. The second kappa shape index (κ2) is 6.53. The van der Waals surface area contributed by atoms with Gasteiger partial charge < -0.3 is 19.5 Å². The number of nitrogens with one attached hydrogen (secondary N) is 1. The van der Waals surface area contributed by atoms with E-state index in [2.05, 4.69) is 5.32 Å². The number of morpholine rings is 1. The van der Waals surface area contributed by atoms with E-state index < -0.39 is 4.92 Å². The highest BCUT2D eigenvalue weighted by atomic mass is 16.6. The van der Waals surface area contributed by atoms with Crippen molar-refractivity contribution in [3.63, 3.8) is 0 Å². The van der Waals surface area contributed by atoms with Gasteiger partial charge in [-0.3, -0.25) is 10.1 Å². The molecule has 0 aliphatic carbocycles. The molecule has 7 nitrogen and oxygen atoms in total. The molecule has 1 aromatic carbocycles. The minimum absolute atomic E-state index is 0.109. The molecular formula is C13H18N2O5. The van der Waals surface area contributed by atoms with Crippen molar-refractivity contribution < 1.29 is 19.1 Å². The molecule has 1 aliphatic rings. The predicted octanol–water partition coefficient (Wildman–Crippen LogP) is 1.36. The van der Waals surface area contributed by atoms with Crippen molar-refractivity contribution in [2.24, 2.45) is 0 Å². The van der Waals surface area contributed by atoms with Gasteiger partial charge in [-0.15, -0.1) is 0 Å². The van der Waals surface area contributed by atoms with Crippen molar-refractivity contribution in [1.29, 1.82) is 0 Å². The van der Waals surface area contributed by atoms with Crippen LogP contribution in [0.5, 0.6) is 11.5 Å². The number of nitro benzene ring substituents is 1. The largest absolute Gasteiger partial charge is 0.490 e. The van der Waals surface area contributed by atoms with Gasteiger partial charge in [-0.2, -0.15) is 0 Å². The van der Waals surface area contributed by atoms with Crippen LogP contribution < -0.4 is 14.8 Å². The standard InChI is InChI=1S/C13H18N2O5/c1-9-6-14-7-10(20-9)8-19-12-5-3-4-11(18-2)13(12)15(16)17/h3-5,9-10,14H,6-8H2,1-2H3. The first-order valence-electron chi connectivity index (χ1n) is 6.42. The second-order valence-corrected chi connectivity index (χ2v) is 4.60. The van der Waals surface area contributed by atoms with Crippen molar-refractivity contribution in [3.05, 3.63) is 28.3 Å². The molecule has 1 N–H and O–H groups in total. The van der Waals surface area contributed by atoms with E-state index in [9.17, 15) is 10.1 Å². The van der Waals surface area contributed by atoms with Crippen LogP contribution in [0, 0.1) is 10.1 Å². The van der Waals surface area contributed by atoms with E-state index in [4.69, 9.17) is 14.2 Å². The Labute approximate surface area is 117 Å². The van der Waals surface area contributed by atoms with Crippen LogP contribution in [0.15, 0.2) is 18.2 Å². The van der Waals surface area contributed by atoms with Gasteiger partial charge in [0.05, 0.1) is 18.1 Å². The van der Waals surface area contributed by atoms with Gasteiger partial charge in [-0.1, -0.05) is 6.07 Å². The Kier molecular flexibility index (Phi) is 4.75. The first-order chi connectivity index (χ1) is 9.61. The lowest BCUT2D eigenvalue weighted by Crippen LogP contribution is -2.45. The second-order valence-electron chi connectivity index (χ2n) is 4.60. The monoisotopic (exact) mass is 282 g/mol. The topological polar surface area (TPSA) is 82.9 Å². The van der Waals surface area contributed by atoms with Crippen LogP contribution in [0.2, 0.25) is 0 Å². The summed E-state index contributed by atoms with van der Waals surface area (Å²) in [6.07, 6.45) is -0.0119. The first-order valence-corrected chi connectivity index (χ1v) is 6.42. The number of methoxy groups -OCH3 is 1. The molecule has 0 bridgehead atoms. The quantitative estimate of drug-likeness (QED) is 0.648. The SMILES string of the molecule is COc1cccc(OCC2CNCC(C)O2)c1[N+](=O)[O-]. The Bertz CT molecular complexity index is 480. The molecule has 0 radical (unpaired) electrons.